The topological polar surface area (TPSA) is 48.4 Å². The van der Waals surface area contributed by atoms with Gasteiger partial charge in [-0.3, -0.25) is 0 Å². The van der Waals surface area contributed by atoms with E-state index in [1.165, 1.54) is 13.3 Å². The van der Waals surface area contributed by atoms with Crippen LogP contribution in [0.25, 0.3) is 0 Å². The zero-order valence-electron chi connectivity index (χ0n) is 10.1. The van der Waals surface area contributed by atoms with Crippen LogP contribution in [0, 0.1) is 5.92 Å². The molecule has 0 fully saturated rings. The van der Waals surface area contributed by atoms with Gasteiger partial charge in [-0.15, -0.1) is 0 Å². The highest BCUT2D eigenvalue weighted by Crippen LogP contribution is 2.20. The van der Waals surface area contributed by atoms with Crippen LogP contribution in [0.3, 0.4) is 0 Å². The quantitative estimate of drug-likeness (QED) is 0.733. The van der Waals surface area contributed by atoms with Crippen molar-refractivity contribution in [3.63, 3.8) is 0 Å². The number of aromatic nitrogens is 1. The third kappa shape index (κ3) is 2.95. The molecular formula is C12H17NO3. The average molecular weight is 223 g/mol. The van der Waals surface area contributed by atoms with Gasteiger partial charge < -0.3 is 9.47 Å². The van der Waals surface area contributed by atoms with Gasteiger partial charge in [0.2, 0.25) is 5.88 Å². The van der Waals surface area contributed by atoms with Crippen molar-refractivity contribution in [3.8, 4) is 5.88 Å². The Bertz CT molecular complexity index is 375. The fraction of sp³-hybridized carbons (Fsp3) is 0.500. The van der Waals surface area contributed by atoms with Gasteiger partial charge in [0.1, 0.15) is 0 Å². The fourth-order valence-corrected chi connectivity index (χ4v) is 1.50. The summed E-state index contributed by atoms with van der Waals surface area (Å²) in [5.41, 5.74) is 1.39. The van der Waals surface area contributed by atoms with Crippen molar-refractivity contribution in [2.24, 2.45) is 5.92 Å². The lowest BCUT2D eigenvalue weighted by Gasteiger charge is -2.10. The summed E-state index contributed by atoms with van der Waals surface area (Å²) in [6.07, 6.45) is 2.29. The summed E-state index contributed by atoms with van der Waals surface area (Å²) in [7, 11) is 2.93. The summed E-state index contributed by atoms with van der Waals surface area (Å²) in [6.45, 7) is 4.20. The monoisotopic (exact) mass is 223 g/mol. The molecule has 1 heterocycles. The lowest BCUT2D eigenvalue weighted by molar-refractivity contribution is 0.0600. The highest BCUT2D eigenvalue weighted by molar-refractivity contribution is 5.89. The first-order valence-corrected chi connectivity index (χ1v) is 5.19. The first-order chi connectivity index (χ1) is 7.58. The molecule has 4 heteroatoms. The molecular weight excluding hydrogens is 206 g/mol. The van der Waals surface area contributed by atoms with Gasteiger partial charge in [-0.1, -0.05) is 13.8 Å². The highest BCUT2D eigenvalue weighted by Gasteiger charge is 2.12. The van der Waals surface area contributed by atoms with Gasteiger partial charge in [-0.05, 0) is 18.4 Å². The van der Waals surface area contributed by atoms with Crippen molar-refractivity contribution in [1.29, 1.82) is 0 Å². The minimum Gasteiger partial charge on any atom is -0.481 e. The molecule has 0 aliphatic carbocycles. The third-order valence-corrected chi connectivity index (χ3v) is 2.17. The lowest BCUT2D eigenvalue weighted by atomic mass is 10.0. The van der Waals surface area contributed by atoms with E-state index in [1.54, 1.807) is 13.2 Å². The molecule has 88 valence electrons. The second-order valence-corrected chi connectivity index (χ2v) is 3.98. The molecule has 0 saturated heterocycles. The molecule has 0 atom stereocenters. The van der Waals surface area contributed by atoms with Crippen LogP contribution in [-0.2, 0) is 11.2 Å². The van der Waals surface area contributed by atoms with Gasteiger partial charge in [0.05, 0.1) is 19.8 Å². The molecule has 1 aromatic rings. The zero-order chi connectivity index (χ0) is 12.1. The molecule has 0 aliphatic rings. The molecule has 1 aromatic heterocycles. The minimum absolute atomic E-state index is 0.375. The average Bonchev–Trinajstić information content (AvgIpc) is 2.27. The maximum absolute atomic E-state index is 11.3. The molecule has 0 unspecified atom stereocenters. The standard InChI is InChI=1S/C12H17NO3/c1-8(2)5-9-6-10(12(14)16-4)7-13-11(9)15-3/h6-8H,5H2,1-4H3. The van der Waals surface area contributed by atoms with E-state index in [1.807, 2.05) is 0 Å². The first kappa shape index (κ1) is 12.5. The van der Waals surface area contributed by atoms with Crippen molar-refractivity contribution in [3.05, 3.63) is 23.4 Å². The summed E-state index contributed by atoms with van der Waals surface area (Å²) in [6, 6.07) is 1.78. The Morgan fingerprint density at radius 3 is 2.62 bits per heavy atom. The minimum atomic E-state index is -0.375. The zero-order valence-corrected chi connectivity index (χ0v) is 10.1. The van der Waals surface area contributed by atoms with E-state index < -0.39 is 0 Å². The van der Waals surface area contributed by atoms with Crippen molar-refractivity contribution >= 4 is 5.97 Å². The number of hydrogen-bond donors (Lipinski definition) is 0. The Hall–Kier alpha value is -1.58. The summed E-state index contributed by atoms with van der Waals surface area (Å²) in [4.78, 5) is 15.4. The van der Waals surface area contributed by atoms with Gasteiger partial charge in [-0.2, -0.15) is 0 Å². The van der Waals surface area contributed by atoms with E-state index in [0.29, 0.717) is 17.4 Å². The summed E-state index contributed by atoms with van der Waals surface area (Å²) >= 11 is 0. The molecule has 0 amide bonds. The van der Waals surface area contributed by atoms with Gasteiger partial charge >= 0.3 is 5.97 Å². The van der Waals surface area contributed by atoms with Crippen LogP contribution in [0.5, 0.6) is 5.88 Å². The Morgan fingerprint density at radius 1 is 1.44 bits per heavy atom. The van der Waals surface area contributed by atoms with Crippen LogP contribution in [0.1, 0.15) is 29.8 Å². The maximum atomic E-state index is 11.3. The van der Waals surface area contributed by atoms with Crippen LogP contribution in [-0.4, -0.2) is 25.2 Å². The second-order valence-electron chi connectivity index (χ2n) is 3.98. The Balaban J connectivity index is 3.05. The predicted octanol–water partition coefficient (Wildman–Crippen LogP) is 2.08. The predicted molar refractivity (Wildman–Crippen MR) is 60.7 cm³/mol. The van der Waals surface area contributed by atoms with E-state index in [2.05, 4.69) is 23.6 Å². The summed E-state index contributed by atoms with van der Waals surface area (Å²) in [5.74, 6) is 0.671. The van der Waals surface area contributed by atoms with Crippen LogP contribution in [0.4, 0.5) is 0 Å². The molecule has 0 saturated carbocycles. The normalized spacial score (nSPS) is 10.3. The lowest BCUT2D eigenvalue weighted by Crippen LogP contribution is -2.06. The number of hydrogen-bond acceptors (Lipinski definition) is 4. The number of methoxy groups -OCH3 is 2. The Kier molecular flexibility index (Phi) is 4.28. The molecule has 4 nitrogen and oxygen atoms in total. The number of carbonyl (C=O) groups excluding carboxylic acids is 1. The number of carbonyl (C=O) groups is 1. The largest absolute Gasteiger partial charge is 0.481 e. The second kappa shape index (κ2) is 5.49. The molecule has 0 N–H and O–H groups in total. The van der Waals surface area contributed by atoms with Gasteiger partial charge in [0, 0.05) is 11.8 Å². The summed E-state index contributed by atoms with van der Waals surface area (Å²) in [5, 5.41) is 0. The van der Waals surface area contributed by atoms with Crippen LogP contribution in [0.15, 0.2) is 12.3 Å². The molecule has 0 aromatic carbocycles. The van der Waals surface area contributed by atoms with E-state index in [4.69, 9.17) is 4.74 Å². The Labute approximate surface area is 95.6 Å². The number of esters is 1. The van der Waals surface area contributed by atoms with Gasteiger partial charge in [0.25, 0.3) is 0 Å². The maximum Gasteiger partial charge on any atom is 0.339 e. The fourth-order valence-electron chi connectivity index (χ4n) is 1.50. The molecule has 1 rings (SSSR count). The molecule has 0 radical (unpaired) electrons. The molecule has 0 bridgehead atoms. The van der Waals surface area contributed by atoms with Crippen molar-refractivity contribution in [2.45, 2.75) is 20.3 Å². The van der Waals surface area contributed by atoms with Crippen molar-refractivity contribution < 1.29 is 14.3 Å². The highest BCUT2D eigenvalue weighted by atomic mass is 16.5. The Morgan fingerprint density at radius 2 is 2.12 bits per heavy atom. The summed E-state index contributed by atoms with van der Waals surface area (Å²) < 4.78 is 9.80. The molecule has 16 heavy (non-hydrogen) atoms. The van der Waals surface area contributed by atoms with Crippen molar-refractivity contribution in [1.82, 2.24) is 4.98 Å². The van der Waals surface area contributed by atoms with E-state index in [9.17, 15) is 4.79 Å². The van der Waals surface area contributed by atoms with Crippen molar-refractivity contribution in [2.75, 3.05) is 14.2 Å². The van der Waals surface area contributed by atoms with E-state index in [0.717, 1.165) is 12.0 Å². The number of ether oxygens (including phenoxy) is 2. The SMILES string of the molecule is COC(=O)c1cnc(OC)c(CC(C)C)c1. The van der Waals surface area contributed by atoms with Gasteiger partial charge in [0.15, 0.2) is 0 Å². The van der Waals surface area contributed by atoms with Crippen LogP contribution in [0.2, 0.25) is 0 Å². The van der Waals surface area contributed by atoms with Crippen LogP contribution < -0.4 is 4.74 Å². The van der Waals surface area contributed by atoms with E-state index >= 15 is 0 Å². The third-order valence-electron chi connectivity index (χ3n) is 2.17. The first-order valence-electron chi connectivity index (χ1n) is 5.19. The van der Waals surface area contributed by atoms with Gasteiger partial charge in [-0.25, -0.2) is 9.78 Å². The number of pyridine rings is 1. The molecule has 0 spiro atoms. The van der Waals surface area contributed by atoms with Crippen LogP contribution >= 0.6 is 0 Å². The number of nitrogens with zero attached hydrogens (tertiary/aromatic N) is 1. The smallest absolute Gasteiger partial charge is 0.339 e. The molecule has 0 aliphatic heterocycles. The van der Waals surface area contributed by atoms with E-state index in [-0.39, 0.29) is 5.97 Å². The number of rotatable bonds is 4.